The van der Waals surface area contributed by atoms with Crippen molar-refractivity contribution in [1.29, 1.82) is 0 Å². The second kappa shape index (κ2) is 2.79. The molecule has 0 N–H and O–H groups in total. The molecule has 1 atom stereocenters. The molecule has 1 rings (SSSR count). The topological polar surface area (TPSA) is 0 Å². The molecule has 7 heavy (non-hydrogen) atoms. The van der Waals surface area contributed by atoms with Gasteiger partial charge in [0.25, 0.3) is 0 Å². The Morgan fingerprint density at radius 1 is 1.86 bits per heavy atom. The molecule has 0 nitrogen and oxygen atoms in total. The summed E-state index contributed by atoms with van der Waals surface area (Å²) in [5.41, 5.74) is 0. The molecule has 0 bridgehead atoms. The maximum absolute atomic E-state index is 5.90. The fourth-order valence-corrected chi connectivity index (χ4v) is 11.3. The standard InChI is InChI=1S/C4H5Br.ClH.In/c1-3-4(2)5;;/h1,3-4H,2H2;1H;/q;;+1/p-1. The van der Waals surface area contributed by atoms with Gasteiger partial charge in [0.2, 0.25) is 0 Å². The number of allylic oxidation sites excluding steroid dienone is 1. The van der Waals surface area contributed by atoms with Crippen LogP contribution in [0.2, 0.25) is 4.18 Å². The third-order valence-electron chi connectivity index (χ3n) is 0.979. The van der Waals surface area contributed by atoms with Crippen molar-refractivity contribution in [3.63, 3.8) is 0 Å². The average molecular weight is 283 g/mol. The van der Waals surface area contributed by atoms with Crippen LogP contribution in [0.5, 0.6) is 0 Å². The molecule has 0 saturated carbocycles. The van der Waals surface area contributed by atoms with Crippen molar-refractivity contribution < 1.29 is 0 Å². The molecule has 38 valence electrons. The van der Waals surface area contributed by atoms with Crippen molar-refractivity contribution in [3.8, 4) is 0 Å². The Morgan fingerprint density at radius 2 is 2.57 bits per heavy atom. The molecule has 0 radical (unpaired) electrons. The normalized spacial score (nSPS) is 29.4. The minimum atomic E-state index is -1.44. The van der Waals surface area contributed by atoms with Gasteiger partial charge in [0.15, 0.2) is 0 Å². The number of alkyl halides is 1. The molecule has 0 aliphatic carbocycles. The zero-order valence-electron chi connectivity index (χ0n) is 3.77. The van der Waals surface area contributed by atoms with E-state index in [9.17, 15) is 0 Å². The van der Waals surface area contributed by atoms with E-state index in [1.807, 2.05) is 0 Å². The van der Waals surface area contributed by atoms with Crippen molar-refractivity contribution in [2.75, 3.05) is 0 Å². The number of hydrogen-bond donors (Lipinski definition) is 0. The quantitative estimate of drug-likeness (QED) is 0.597. The fraction of sp³-hybridized carbons (Fsp3) is 0.500. The summed E-state index contributed by atoms with van der Waals surface area (Å²) in [5.74, 6) is 0. The molecule has 0 saturated heterocycles. The van der Waals surface area contributed by atoms with Crippen LogP contribution in [0, 0.1) is 0 Å². The van der Waals surface area contributed by atoms with Crippen molar-refractivity contribution in [1.82, 2.24) is 0 Å². The van der Waals surface area contributed by atoms with E-state index in [4.69, 9.17) is 8.58 Å². The molecule has 1 heterocycles. The molecule has 0 fully saturated rings. The fourth-order valence-electron chi connectivity index (χ4n) is 0.613. The Balaban J connectivity index is 2.42. The van der Waals surface area contributed by atoms with Crippen molar-refractivity contribution in [2.45, 2.75) is 9.00 Å². The first-order valence-corrected chi connectivity index (χ1v) is 11.6. The van der Waals surface area contributed by atoms with Gasteiger partial charge in [-0.2, -0.15) is 0 Å². The van der Waals surface area contributed by atoms with Crippen molar-refractivity contribution in [3.05, 3.63) is 9.91 Å². The van der Waals surface area contributed by atoms with Crippen LogP contribution >= 0.6 is 24.5 Å². The van der Waals surface area contributed by atoms with E-state index in [1.165, 1.54) is 4.18 Å². The summed E-state index contributed by atoms with van der Waals surface area (Å²) >= 11 is 2.02. The van der Waals surface area contributed by atoms with Gasteiger partial charge < -0.3 is 0 Å². The van der Waals surface area contributed by atoms with Crippen LogP contribution in [0.3, 0.4) is 0 Å². The zero-order valence-corrected chi connectivity index (χ0v) is 9.41. The number of rotatable bonds is 0. The molecular formula is C4H5BrClIn. The molecule has 0 aromatic carbocycles. The van der Waals surface area contributed by atoms with Gasteiger partial charge in [-0.05, 0) is 0 Å². The van der Waals surface area contributed by atoms with Gasteiger partial charge in [0.05, 0.1) is 0 Å². The van der Waals surface area contributed by atoms with Crippen LogP contribution in [0.15, 0.2) is 9.91 Å². The summed E-state index contributed by atoms with van der Waals surface area (Å²) in [6.45, 7) is 0. The van der Waals surface area contributed by atoms with Crippen molar-refractivity contribution in [2.24, 2.45) is 0 Å². The minimum absolute atomic E-state index is 0.616. The van der Waals surface area contributed by atoms with E-state index >= 15 is 0 Å². The molecule has 1 unspecified atom stereocenters. The Morgan fingerprint density at radius 3 is 2.71 bits per heavy atom. The Hall–Kier alpha value is 1.38. The first-order chi connectivity index (χ1) is 3.29. The van der Waals surface area contributed by atoms with Gasteiger partial charge in [-0.1, -0.05) is 0 Å². The van der Waals surface area contributed by atoms with Gasteiger partial charge in [-0.25, -0.2) is 0 Å². The molecule has 1 aliphatic heterocycles. The van der Waals surface area contributed by atoms with Crippen LogP contribution < -0.4 is 0 Å². The first-order valence-electron chi connectivity index (χ1n) is 2.25. The molecular weight excluding hydrogens is 278 g/mol. The first kappa shape index (κ1) is 6.50. The van der Waals surface area contributed by atoms with Gasteiger partial charge in [0, 0.05) is 0 Å². The molecule has 0 aromatic rings. The summed E-state index contributed by atoms with van der Waals surface area (Å²) in [7, 11) is 5.90. The van der Waals surface area contributed by atoms with Gasteiger partial charge >= 0.3 is 63.7 Å². The van der Waals surface area contributed by atoms with Gasteiger partial charge in [-0.3, -0.25) is 0 Å². The summed E-state index contributed by atoms with van der Waals surface area (Å²) in [4.78, 5) is 0.616. The summed E-state index contributed by atoms with van der Waals surface area (Å²) in [6.07, 6.45) is 2.17. The molecule has 1 aliphatic rings. The Kier molecular flexibility index (Phi) is 2.59. The monoisotopic (exact) mass is 282 g/mol. The third-order valence-corrected chi connectivity index (χ3v) is 10.4. The van der Waals surface area contributed by atoms with Gasteiger partial charge in [-0.15, -0.1) is 0 Å². The van der Waals surface area contributed by atoms with Crippen LogP contribution in [0.25, 0.3) is 0 Å². The second-order valence-electron chi connectivity index (χ2n) is 1.65. The molecule has 3 heteroatoms. The van der Waals surface area contributed by atoms with Crippen LogP contribution in [-0.2, 0) is 0 Å². The van der Waals surface area contributed by atoms with E-state index < -0.39 is 20.3 Å². The average Bonchev–Trinajstić information content (AvgIpc) is 1.87. The third kappa shape index (κ3) is 1.98. The summed E-state index contributed by atoms with van der Waals surface area (Å²) in [5, 5.41) is 0. The van der Waals surface area contributed by atoms with E-state index in [1.54, 1.807) is 0 Å². The van der Waals surface area contributed by atoms with E-state index in [0.29, 0.717) is 4.83 Å². The molecule has 0 amide bonds. The molecule has 0 spiro atoms. The van der Waals surface area contributed by atoms with E-state index in [-0.39, 0.29) is 0 Å². The molecule has 0 aromatic heterocycles. The van der Waals surface area contributed by atoms with Crippen molar-refractivity contribution >= 4 is 44.8 Å². The van der Waals surface area contributed by atoms with Crippen LogP contribution in [0.1, 0.15) is 0 Å². The summed E-state index contributed by atoms with van der Waals surface area (Å²) in [6, 6.07) is 0. The van der Waals surface area contributed by atoms with E-state index in [0.717, 1.165) is 0 Å². The Labute approximate surface area is 63.2 Å². The number of hydrogen-bond acceptors (Lipinski definition) is 0. The second-order valence-corrected chi connectivity index (χ2v) is 12.0. The Bertz CT molecular complexity index is 83.7. The SMILES string of the molecule is [Cl][In]1[CH]=CC(Br)[CH2]1. The zero-order chi connectivity index (χ0) is 5.28. The van der Waals surface area contributed by atoms with Gasteiger partial charge in [0.1, 0.15) is 0 Å². The predicted molar refractivity (Wildman–Crippen MR) is 38.3 cm³/mol. The predicted octanol–water partition coefficient (Wildman–Crippen LogP) is 2.09. The van der Waals surface area contributed by atoms with Crippen LogP contribution in [-0.4, -0.2) is 25.1 Å². The summed E-state index contributed by atoms with van der Waals surface area (Å²) < 4.78 is 3.48. The van der Waals surface area contributed by atoms with Crippen LogP contribution in [0.4, 0.5) is 0 Å². The van der Waals surface area contributed by atoms with E-state index in [2.05, 4.69) is 25.8 Å². The number of halogens is 2. The maximum atomic E-state index is 5.90.